The van der Waals surface area contributed by atoms with Gasteiger partial charge in [-0.3, -0.25) is 0 Å². The second-order valence-corrected chi connectivity index (χ2v) is 5.34. The molecule has 0 atom stereocenters. The summed E-state index contributed by atoms with van der Waals surface area (Å²) in [5, 5.41) is 15.2. The largest absolute Gasteiger partial charge is 0.332 e. The maximum atomic E-state index is 13.8. The number of rotatable bonds is 6. The molecule has 2 aromatic carbocycles. The summed E-state index contributed by atoms with van der Waals surface area (Å²) in [6.07, 6.45) is 1.24. The molecule has 0 unspecified atom stereocenters. The smallest absolute Gasteiger partial charge is 0.274 e. The highest BCUT2D eigenvalue weighted by atomic mass is 19.1. The van der Waals surface area contributed by atoms with Crippen LogP contribution in [0.3, 0.4) is 0 Å². The lowest BCUT2D eigenvalue weighted by molar-refractivity contribution is 0.410. The van der Waals surface area contributed by atoms with Crippen molar-refractivity contribution in [1.29, 1.82) is 0 Å². The maximum Gasteiger partial charge on any atom is 0.274 e. The lowest BCUT2D eigenvalue weighted by atomic mass is 10.2. The van der Waals surface area contributed by atoms with Gasteiger partial charge in [0.1, 0.15) is 17.2 Å². The minimum Gasteiger partial charge on any atom is -0.332 e. The molecule has 1 heterocycles. The van der Waals surface area contributed by atoms with Crippen molar-refractivity contribution in [2.45, 2.75) is 19.8 Å². The summed E-state index contributed by atoms with van der Waals surface area (Å²) < 4.78 is 32.6. The molecule has 3 aromatic rings. The van der Waals surface area contributed by atoms with Crippen molar-refractivity contribution in [2.75, 3.05) is 0 Å². The molecule has 6 nitrogen and oxygen atoms in total. The molecule has 0 N–H and O–H groups in total. The predicted octanol–water partition coefficient (Wildman–Crippen LogP) is 5.30. The van der Waals surface area contributed by atoms with Gasteiger partial charge in [-0.1, -0.05) is 42.8 Å². The van der Waals surface area contributed by atoms with Crippen LogP contribution in [-0.2, 0) is 0 Å². The Morgan fingerprint density at radius 1 is 1.04 bits per heavy atom. The van der Waals surface area contributed by atoms with Crippen LogP contribution in [0.4, 0.5) is 14.5 Å². The molecule has 8 heteroatoms. The second kappa shape index (κ2) is 8.19. The Bertz CT molecular complexity index is 952. The van der Waals surface area contributed by atoms with E-state index in [1.807, 2.05) is 6.92 Å². The SMILES string of the molecule is CCCC(=NN=Nc1ccccc1F)c1nc(-c2ccccc2F)no1. The zero-order valence-electron chi connectivity index (χ0n) is 13.9. The van der Waals surface area contributed by atoms with E-state index in [9.17, 15) is 8.78 Å². The number of benzene rings is 2. The molecule has 0 aliphatic rings. The van der Waals surface area contributed by atoms with Crippen LogP contribution >= 0.6 is 0 Å². The lowest BCUT2D eigenvalue weighted by Gasteiger charge is -1.96. The van der Waals surface area contributed by atoms with E-state index in [4.69, 9.17) is 4.52 Å². The quantitative estimate of drug-likeness (QED) is 0.342. The summed E-state index contributed by atoms with van der Waals surface area (Å²) in [6.45, 7) is 1.94. The molecule has 3 rings (SSSR count). The standard InChI is InChI=1S/C18H15F2N5O/c1-2-7-16(23-25-22-15-11-6-5-10-14(15)20)18-21-17(24-26-18)12-8-3-4-9-13(12)19/h3-6,8-11H,2,7H2,1H3. The summed E-state index contributed by atoms with van der Waals surface area (Å²) in [4.78, 5) is 4.18. The van der Waals surface area contributed by atoms with Crippen molar-refractivity contribution in [3.63, 3.8) is 0 Å². The Kier molecular flexibility index (Phi) is 5.52. The van der Waals surface area contributed by atoms with Gasteiger partial charge in [0, 0.05) is 0 Å². The third-order valence-corrected chi connectivity index (χ3v) is 3.44. The van der Waals surface area contributed by atoms with Crippen molar-refractivity contribution >= 4 is 11.4 Å². The molecule has 0 saturated carbocycles. The van der Waals surface area contributed by atoms with Crippen LogP contribution in [0.2, 0.25) is 0 Å². The van der Waals surface area contributed by atoms with E-state index in [0.717, 1.165) is 6.42 Å². The Balaban J connectivity index is 1.87. The van der Waals surface area contributed by atoms with Gasteiger partial charge in [0.05, 0.1) is 5.56 Å². The molecule has 132 valence electrons. The fourth-order valence-electron chi connectivity index (χ4n) is 2.19. The summed E-state index contributed by atoms with van der Waals surface area (Å²) in [7, 11) is 0. The predicted molar refractivity (Wildman–Crippen MR) is 92.1 cm³/mol. The second-order valence-electron chi connectivity index (χ2n) is 5.34. The van der Waals surface area contributed by atoms with Crippen LogP contribution in [0.5, 0.6) is 0 Å². The number of aromatic nitrogens is 2. The minimum atomic E-state index is -0.497. The van der Waals surface area contributed by atoms with Gasteiger partial charge in [-0.25, -0.2) is 8.78 Å². The van der Waals surface area contributed by atoms with Crippen molar-refractivity contribution in [3.05, 3.63) is 66.1 Å². The Morgan fingerprint density at radius 2 is 1.77 bits per heavy atom. The molecular weight excluding hydrogens is 340 g/mol. The zero-order valence-corrected chi connectivity index (χ0v) is 13.9. The van der Waals surface area contributed by atoms with E-state index in [1.165, 1.54) is 18.2 Å². The first kappa shape index (κ1) is 17.5. The monoisotopic (exact) mass is 355 g/mol. The highest BCUT2D eigenvalue weighted by molar-refractivity contribution is 5.96. The third-order valence-electron chi connectivity index (χ3n) is 3.44. The van der Waals surface area contributed by atoms with Crippen molar-refractivity contribution < 1.29 is 13.3 Å². The maximum absolute atomic E-state index is 13.8. The number of halogens is 2. The molecular formula is C18H15F2N5O. The normalized spacial score (nSPS) is 12.0. The van der Waals surface area contributed by atoms with E-state index >= 15 is 0 Å². The van der Waals surface area contributed by atoms with Crippen LogP contribution < -0.4 is 0 Å². The molecule has 0 aliphatic heterocycles. The molecule has 1 aromatic heterocycles. The van der Waals surface area contributed by atoms with Gasteiger partial charge in [0.15, 0.2) is 5.82 Å². The first-order valence-electron chi connectivity index (χ1n) is 8.00. The van der Waals surface area contributed by atoms with E-state index in [-0.39, 0.29) is 23.0 Å². The zero-order chi connectivity index (χ0) is 18.4. The van der Waals surface area contributed by atoms with Crippen molar-refractivity contribution in [3.8, 4) is 11.4 Å². The van der Waals surface area contributed by atoms with Gasteiger partial charge in [0.2, 0.25) is 5.82 Å². The summed E-state index contributed by atoms with van der Waals surface area (Å²) in [6, 6.07) is 12.1. The molecule has 0 amide bonds. The van der Waals surface area contributed by atoms with E-state index in [1.54, 1.807) is 30.3 Å². The van der Waals surface area contributed by atoms with Crippen molar-refractivity contribution in [2.24, 2.45) is 15.4 Å². The average molecular weight is 355 g/mol. The highest BCUT2D eigenvalue weighted by Gasteiger charge is 2.16. The molecule has 0 bridgehead atoms. The highest BCUT2D eigenvalue weighted by Crippen LogP contribution is 2.20. The third kappa shape index (κ3) is 4.02. The van der Waals surface area contributed by atoms with Gasteiger partial charge in [0.25, 0.3) is 5.89 Å². The summed E-state index contributed by atoms with van der Waals surface area (Å²) >= 11 is 0. The van der Waals surface area contributed by atoms with E-state index in [2.05, 4.69) is 25.6 Å². The minimum absolute atomic E-state index is 0.0738. The molecule has 26 heavy (non-hydrogen) atoms. The number of hydrogen-bond donors (Lipinski definition) is 0. The summed E-state index contributed by atoms with van der Waals surface area (Å²) in [5.74, 6) is -0.707. The van der Waals surface area contributed by atoms with E-state index < -0.39 is 11.6 Å². The molecule has 0 fully saturated rings. The van der Waals surface area contributed by atoms with Crippen LogP contribution in [0, 0.1) is 11.6 Å². The fourth-order valence-corrected chi connectivity index (χ4v) is 2.19. The van der Waals surface area contributed by atoms with Gasteiger partial charge in [-0.05, 0) is 35.9 Å². The average Bonchev–Trinajstić information content (AvgIpc) is 3.12. The summed E-state index contributed by atoms with van der Waals surface area (Å²) in [5.41, 5.74) is 0.693. The molecule has 0 saturated heterocycles. The van der Waals surface area contributed by atoms with Crippen LogP contribution in [0.15, 0.2) is 68.5 Å². The fraction of sp³-hybridized carbons (Fsp3) is 0.167. The van der Waals surface area contributed by atoms with E-state index in [0.29, 0.717) is 12.1 Å². The number of hydrogen-bond acceptors (Lipinski definition) is 5. The van der Waals surface area contributed by atoms with Gasteiger partial charge >= 0.3 is 0 Å². The van der Waals surface area contributed by atoms with Crippen molar-refractivity contribution in [1.82, 2.24) is 10.1 Å². The Labute approximate surface area is 148 Å². The number of nitrogens with zero attached hydrogens (tertiary/aromatic N) is 5. The van der Waals surface area contributed by atoms with Gasteiger partial charge in [-0.15, -0.1) is 10.2 Å². The Morgan fingerprint density at radius 3 is 2.50 bits per heavy atom. The van der Waals surface area contributed by atoms with Gasteiger partial charge < -0.3 is 4.52 Å². The van der Waals surface area contributed by atoms with Crippen LogP contribution in [-0.4, -0.2) is 15.9 Å². The van der Waals surface area contributed by atoms with Crippen LogP contribution in [0.1, 0.15) is 25.7 Å². The Hall–Kier alpha value is -3.29. The first-order chi connectivity index (χ1) is 12.7. The van der Waals surface area contributed by atoms with Crippen LogP contribution in [0.25, 0.3) is 11.4 Å². The molecule has 0 spiro atoms. The molecule has 0 radical (unpaired) electrons. The lowest BCUT2D eigenvalue weighted by Crippen LogP contribution is -2.00. The topological polar surface area (TPSA) is 76.0 Å². The first-order valence-corrected chi connectivity index (χ1v) is 8.00. The molecule has 0 aliphatic carbocycles. The van der Waals surface area contributed by atoms with Gasteiger partial charge in [-0.2, -0.15) is 4.98 Å².